The van der Waals surface area contributed by atoms with E-state index in [1.165, 1.54) is 7.11 Å². The number of carbonyl (C=O) groups excluding carboxylic acids is 1. The predicted molar refractivity (Wildman–Crippen MR) is 89.5 cm³/mol. The molecule has 0 bridgehead atoms. The molecule has 2 N–H and O–H groups in total. The van der Waals surface area contributed by atoms with Gasteiger partial charge in [0, 0.05) is 24.1 Å². The summed E-state index contributed by atoms with van der Waals surface area (Å²) in [5.74, 6) is -0.623. The number of carboxylic acids is 1. The van der Waals surface area contributed by atoms with Crippen LogP contribution in [0.4, 0.5) is 5.69 Å². The standard InChI is InChI=1S/C18H18N2O5/c1-24-14-3-2-13(20-16(21)18(6-7-18)17(22)23)10-15(14)25-11-12-4-8-19-9-5-12/h2-5,8-10H,6-7,11H2,1H3,(H,20,21)(H,22,23). The molecule has 130 valence electrons. The van der Waals surface area contributed by atoms with Crippen molar-refractivity contribution in [3.63, 3.8) is 0 Å². The second-order valence-corrected chi connectivity index (χ2v) is 5.85. The fourth-order valence-electron chi connectivity index (χ4n) is 2.42. The van der Waals surface area contributed by atoms with Crippen LogP contribution in [-0.2, 0) is 16.2 Å². The molecular formula is C18H18N2O5. The lowest BCUT2D eigenvalue weighted by Gasteiger charge is -2.14. The van der Waals surface area contributed by atoms with E-state index in [0.29, 0.717) is 36.6 Å². The molecule has 1 aliphatic rings. The van der Waals surface area contributed by atoms with Crippen LogP contribution < -0.4 is 14.8 Å². The lowest BCUT2D eigenvalue weighted by atomic mass is 10.1. The highest BCUT2D eigenvalue weighted by Crippen LogP contribution is 2.47. The lowest BCUT2D eigenvalue weighted by molar-refractivity contribution is -0.147. The Morgan fingerprint density at radius 3 is 2.52 bits per heavy atom. The number of methoxy groups -OCH3 is 1. The smallest absolute Gasteiger partial charge is 0.319 e. The molecule has 3 rings (SSSR count). The molecule has 2 aromatic rings. The number of pyridine rings is 1. The Morgan fingerprint density at radius 1 is 1.20 bits per heavy atom. The average Bonchev–Trinajstić information content (AvgIpc) is 3.43. The van der Waals surface area contributed by atoms with E-state index in [4.69, 9.17) is 9.47 Å². The number of hydrogen-bond acceptors (Lipinski definition) is 5. The van der Waals surface area contributed by atoms with Crippen molar-refractivity contribution in [2.24, 2.45) is 5.41 Å². The number of nitrogens with one attached hydrogen (secondary N) is 1. The van der Waals surface area contributed by atoms with Gasteiger partial charge < -0.3 is 19.9 Å². The number of carboxylic acid groups (broad SMARTS) is 1. The Hall–Kier alpha value is -3.09. The van der Waals surface area contributed by atoms with Gasteiger partial charge in [0.15, 0.2) is 11.5 Å². The molecule has 1 aliphatic carbocycles. The van der Waals surface area contributed by atoms with Gasteiger partial charge in [0.2, 0.25) is 5.91 Å². The molecule has 7 heteroatoms. The number of anilines is 1. The van der Waals surface area contributed by atoms with Crippen LogP contribution in [0.3, 0.4) is 0 Å². The Labute approximate surface area is 144 Å². The largest absolute Gasteiger partial charge is 0.493 e. The molecule has 0 atom stereocenters. The van der Waals surface area contributed by atoms with Crippen LogP contribution in [0.1, 0.15) is 18.4 Å². The van der Waals surface area contributed by atoms with Crippen LogP contribution >= 0.6 is 0 Å². The lowest BCUT2D eigenvalue weighted by Crippen LogP contribution is -2.31. The molecule has 0 saturated heterocycles. The monoisotopic (exact) mass is 342 g/mol. The third-order valence-electron chi connectivity index (χ3n) is 4.16. The second kappa shape index (κ2) is 6.80. The van der Waals surface area contributed by atoms with Crippen molar-refractivity contribution in [1.82, 2.24) is 4.98 Å². The molecule has 1 fully saturated rings. The number of ether oxygens (including phenoxy) is 2. The van der Waals surface area contributed by atoms with E-state index < -0.39 is 17.3 Å². The van der Waals surface area contributed by atoms with Crippen molar-refractivity contribution in [3.05, 3.63) is 48.3 Å². The molecule has 25 heavy (non-hydrogen) atoms. The zero-order chi connectivity index (χ0) is 17.9. The van der Waals surface area contributed by atoms with Crippen LogP contribution in [0, 0.1) is 5.41 Å². The summed E-state index contributed by atoms with van der Waals surface area (Å²) < 4.78 is 11.0. The maximum atomic E-state index is 12.2. The Morgan fingerprint density at radius 2 is 1.92 bits per heavy atom. The minimum atomic E-state index is -1.29. The van der Waals surface area contributed by atoms with Gasteiger partial charge in [-0.15, -0.1) is 0 Å². The fourth-order valence-corrected chi connectivity index (χ4v) is 2.42. The molecule has 0 unspecified atom stereocenters. The molecule has 1 saturated carbocycles. The van der Waals surface area contributed by atoms with E-state index in [0.717, 1.165) is 5.56 Å². The second-order valence-electron chi connectivity index (χ2n) is 5.85. The number of carbonyl (C=O) groups is 2. The van der Waals surface area contributed by atoms with Crippen molar-refractivity contribution in [3.8, 4) is 11.5 Å². The van der Waals surface area contributed by atoms with Crippen LogP contribution in [-0.4, -0.2) is 29.1 Å². The van der Waals surface area contributed by atoms with Gasteiger partial charge in [-0.2, -0.15) is 0 Å². The van der Waals surface area contributed by atoms with E-state index in [2.05, 4.69) is 10.3 Å². The van der Waals surface area contributed by atoms with E-state index in [-0.39, 0.29) is 0 Å². The zero-order valence-corrected chi connectivity index (χ0v) is 13.7. The number of benzene rings is 1. The highest BCUT2D eigenvalue weighted by molar-refractivity contribution is 6.10. The quantitative estimate of drug-likeness (QED) is 0.750. The van der Waals surface area contributed by atoms with Crippen LogP contribution in [0.5, 0.6) is 11.5 Å². The Bertz CT molecular complexity index is 787. The van der Waals surface area contributed by atoms with Crippen LogP contribution in [0.25, 0.3) is 0 Å². The summed E-state index contributed by atoms with van der Waals surface area (Å²) in [5, 5.41) is 11.8. The first-order chi connectivity index (χ1) is 12.0. The van der Waals surface area contributed by atoms with Crippen LogP contribution in [0.15, 0.2) is 42.7 Å². The molecular weight excluding hydrogens is 324 g/mol. The minimum Gasteiger partial charge on any atom is -0.493 e. The summed E-state index contributed by atoms with van der Waals surface area (Å²) in [7, 11) is 1.52. The van der Waals surface area contributed by atoms with Crippen molar-refractivity contribution in [1.29, 1.82) is 0 Å². The molecule has 0 radical (unpaired) electrons. The van der Waals surface area contributed by atoms with Gasteiger partial charge in [0.25, 0.3) is 0 Å². The summed E-state index contributed by atoms with van der Waals surface area (Å²) in [6.45, 7) is 0.315. The molecule has 1 aromatic heterocycles. The van der Waals surface area contributed by atoms with E-state index in [1.807, 2.05) is 12.1 Å². The molecule has 7 nitrogen and oxygen atoms in total. The van der Waals surface area contributed by atoms with Gasteiger partial charge in [-0.25, -0.2) is 0 Å². The SMILES string of the molecule is COc1ccc(NC(=O)C2(C(=O)O)CC2)cc1OCc1ccncc1. The first kappa shape index (κ1) is 16.8. The van der Waals surface area contributed by atoms with E-state index in [9.17, 15) is 14.7 Å². The van der Waals surface area contributed by atoms with E-state index in [1.54, 1.807) is 30.6 Å². The van der Waals surface area contributed by atoms with Crippen molar-refractivity contribution in [2.75, 3.05) is 12.4 Å². The molecule has 1 amide bonds. The number of nitrogens with zero attached hydrogens (tertiary/aromatic N) is 1. The van der Waals surface area contributed by atoms with Crippen molar-refractivity contribution in [2.45, 2.75) is 19.4 Å². The van der Waals surface area contributed by atoms with Gasteiger partial charge in [-0.05, 0) is 42.7 Å². The van der Waals surface area contributed by atoms with Gasteiger partial charge in [-0.1, -0.05) is 0 Å². The summed E-state index contributed by atoms with van der Waals surface area (Å²) >= 11 is 0. The predicted octanol–water partition coefficient (Wildman–Crippen LogP) is 2.47. The fraction of sp³-hybridized carbons (Fsp3) is 0.278. The Balaban J connectivity index is 1.73. The third kappa shape index (κ3) is 3.55. The van der Waals surface area contributed by atoms with Gasteiger partial charge in [0.05, 0.1) is 7.11 Å². The van der Waals surface area contributed by atoms with E-state index >= 15 is 0 Å². The number of aromatic nitrogens is 1. The first-order valence-electron chi connectivity index (χ1n) is 7.80. The normalized spacial score (nSPS) is 14.4. The number of rotatable bonds is 7. The number of hydrogen-bond donors (Lipinski definition) is 2. The maximum Gasteiger partial charge on any atom is 0.319 e. The van der Waals surface area contributed by atoms with Crippen LogP contribution in [0.2, 0.25) is 0 Å². The molecule has 1 heterocycles. The Kier molecular flexibility index (Phi) is 4.56. The first-order valence-corrected chi connectivity index (χ1v) is 7.80. The summed E-state index contributed by atoms with van der Waals surface area (Å²) in [4.78, 5) is 27.4. The van der Waals surface area contributed by atoms with Crippen molar-refractivity contribution < 1.29 is 24.2 Å². The van der Waals surface area contributed by atoms with Gasteiger partial charge >= 0.3 is 5.97 Å². The summed E-state index contributed by atoms with van der Waals surface area (Å²) in [6.07, 6.45) is 4.06. The van der Waals surface area contributed by atoms with Gasteiger partial charge in [-0.3, -0.25) is 14.6 Å². The third-order valence-corrected chi connectivity index (χ3v) is 4.16. The molecule has 1 aromatic carbocycles. The molecule has 0 aliphatic heterocycles. The molecule has 0 spiro atoms. The highest BCUT2D eigenvalue weighted by atomic mass is 16.5. The van der Waals surface area contributed by atoms with Gasteiger partial charge in [0.1, 0.15) is 12.0 Å². The minimum absolute atomic E-state index is 0.315. The number of amides is 1. The highest BCUT2D eigenvalue weighted by Gasteiger charge is 2.57. The number of aliphatic carboxylic acids is 1. The summed E-state index contributed by atoms with van der Waals surface area (Å²) in [5.41, 5.74) is 0.107. The topological polar surface area (TPSA) is 97.8 Å². The summed E-state index contributed by atoms with van der Waals surface area (Å²) in [6, 6.07) is 8.60. The van der Waals surface area contributed by atoms with Crippen molar-refractivity contribution >= 4 is 17.6 Å². The zero-order valence-electron chi connectivity index (χ0n) is 13.7. The average molecular weight is 342 g/mol. The maximum absolute atomic E-state index is 12.2.